The fourth-order valence-electron chi connectivity index (χ4n) is 2.66. The number of pyridine rings is 1. The minimum absolute atomic E-state index is 0.00228. The van der Waals surface area contributed by atoms with E-state index in [2.05, 4.69) is 24.1 Å². The lowest BCUT2D eigenvalue weighted by atomic mass is 10.2. The van der Waals surface area contributed by atoms with Crippen LogP contribution in [0.1, 0.15) is 47.4 Å². The van der Waals surface area contributed by atoms with Gasteiger partial charge in [0.05, 0.1) is 12.7 Å². The highest BCUT2D eigenvalue weighted by atomic mass is 16.5. The van der Waals surface area contributed by atoms with Crippen molar-refractivity contribution in [1.82, 2.24) is 9.88 Å². The number of hydrogen-bond acceptors (Lipinski definition) is 5. The highest BCUT2D eigenvalue weighted by Crippen LogP contribution is 2.18. The van der Waals surface area contributed by atoms with Crippen molar-refractivity contribution >= 4 is 23.4 Å². The maximum Gasteiger partial charge on any atom is 0.337 e. The molecule has 0 atom stereocenters. The van der Waals surface area contributed by atoms with Crippen molar-refractivity contribution < 1.29 is 14.3 Å². The average Bonchev–Trinajstić information content (AvgIpc) is 2.67. The monoisotopic (exact) mass is 355 g/mol. The van der Waals surface area contributed by atoms with E-state index >= 15 is 0 Å². The lowest BCUT2D eigenvalue weighted by Crippen LogP contribution is -2.32. The van der Waals surface area contributed by atoms with Gasteiger partial charge in [-0.3, -0.25) is 4.79 Å². The zero-order chi connectivity index (χ0) is 18.9. The van der Waals surface area contributed by atoms with Crippen molar-refractivity contribution in [2.45, 2.75) is 26.7 Å². The largest absolute Gasteiger partial charge is 0.465 e. The fourth-order valence-corrected chi connectivity index (χ4v) is 2.66. The Labute approximate surface area is 154 Å². The molecule has 1 N–H and O–H groups in total. The number of rotatable bonds is 8. The number of nitrogens with zero attached hydrogens (tertiary/aromatic N) is 2. The quantitative estimate of drug-likeness (QED) is 0.728. The van der Waals surface area contributed by atoms with Gasteiger partial charge in [-0.05, 0) is 43.2 Å². The molecule has 0 aliphatic heterocycles. The Hall–Kier alpha value is -2.89. The number of nitrogens with one attached hydrogen (secondary N) is 1. The average molecular weight is 355 g/mol. The molecule has 1 aromatic heterocycles. The molecule has 0 spiro atoms. The topological polar surface area (TPSA) is 71.5 Å². The van der Waals surface area contributed by atoms with Crippen LogP contribution in [0.25, 0.3) is 0 Å². The van der Waals surface area contributed by atoms with Gasteiger partial charge in [0.2, 0.25) is 0 Å². The number of benzene rings is 1. The maximum absolute atomic E-state index is 12.7. The first kappa shape index (κ1) is 19.4. The van der Waals surface area contributed by atoms with Gasteiger partial charge in [0.25, 0.3) is 5.91 Å². The minimum atomic E-state index is -0.402. The summed E-state index contributed by atoms with van der Waals surface area (Å²) in [6.45, 7) is 5.59. The van der Waals surface area contributed by atoms with Gasteiger partial charge in [0.1, 0.15) is 5.82 Å². The predicted molar refractivity (Wildman–Crippen MR) is 102 cm³/mol. The standard InChI is InChI=1S/C20H25N3O3/c1-4-11-23(12-5-2)19(24)15-9-10-21-18(14-15)22-17-8-6-7-16(13-17)20(25)26-3/h6-10,13-14H,4-5,11-12H2,1-3H3,(H,21,22). The van der Waals surface area contributed by atoms with Crippen molar-refractivity contribution in [3.05, 3.63) is 53.7 Å². The number of carbonyl (C=O) groups excluding carboxylic acids is 2. The first-order valence-electron chi connectivity index (χ1n) is 8.79. The molecular weight excluding hydrogens is 330 g/mol. The molecular formula is C20H25N3O3. The highest BCUT2D eigenvalue weighted by molar-refractivity contribution is 5.95. The zero-order valence-electron chi connectivity index (χ0n) is 15.5. The molecule has 26 heavy (non-hydrogen) atoms. The highest BCUT2D eigenvalue weighted by Gasteiger charge is 2.15. The summed E-state index contributed by atoms with van der Waals surface area (Å²) in [6, 6.07) is 10.4. The molecule has 0 unspecified atom stereocenters. The second kappa shape index (κ2) is 9.56. The fraction of sp³-hybridized carbons (Fsp3) is 0.350. The van der Waals surface area contributed by atoms with Crippen LogP contribution in [0.15, 0.2) is 42.6 Å². The Kier molecular flexibility index (Phi) is 7.14. The van der Waals surface area contributed by atoms with Crippen LogP contribution >= 0.6 is 0 Å². The molecule has 6 heteroatoms. The van der Waals surface area contributed by atoms with E-state index in [1.54, 1.807) is 36.5 Å². The molecule has 1 heterocycles. The van der Waals surface area contributed by atoms with Gasteiger partial charge in [-0.2, -0.15) is 0 Å². The molecule has 2 aromatic rings. The van der Waals surface area contributed by atoms with Crippen molar-refractivity contribution in [2.75, 3.05) is 25.5 Å². The molecule has 0 aliphatic carbocycles. The SMILES string of the molecule is CCCN(CCC)C(=O)c1ccnc(Nc2cccc(C(=O)OC)c2)c1. The van der Waals surface area contributed by atoms with Gasteiger partial charge in [-0.1, -0.05) is 19.9 Å². The van der Waals surface area contributed by atoms with Gasteiger partial charge in [-0.25, -0.2) is 9.78 Å². The van der Waals surface area contributed by atoms with E-state index in [4.69, 9.17) is 4.74 Å². The molecule has 0 radical (unpaired) electrons. The molecule has 1 aromatic carbocycles. The van der Waals surface area contributed by atoms with Gasteiger partial charge >= 0.3 is 5.97 Å². The van der Waals surface area contributed by atoms with Crippen LogP contribution in [0.4, 0.5) is 11.5 Å². The number of anilines is 2. The summed E-state index contributed by atoms with van der Waals surface area (Å²) in [6.07, 6.45) is 3.44. The van der Waals surface area contributed by atoms with E-state index < -0.39 is 5.97 Å². The third-order valence-corrected chi connectivity index (χ3v) is 3.84. The third-order valence-electron chi connectivity index (χ3n) is 3.84. The number of aromatic nitrogens is 1. The van der Waals surface area contributed by atoms with E-state index in [0.717, 1.165) is 25.9 Å². The summed E-state index contributed by atoms with van der Waals surface area (Å²) in [7, 11) is 1.34. The molecule has 6 nitrogen and oxygen atoms in total. The van der Waals surface area contributed by atoms with Gasteiger partial charge in [0.15, 0.2) is 0 Å². The Balaban J connectivity index is 2.19. The minimum Gasteiger partial charge on any atom is -0.465 e. The number of hydrogen-bond donors (Lipinski definition) is 1. The molecule has 0 saturated heterocycles. The molecule has 1 amide bonds. The Morgan fingerprint density at radius 3 is 2.46 bits per heavy atom. The molecule has 0 aliphatic rings. The van der Waals surface area contributed by atoms with Crippen LogP contribution in [0.3, 0.4) is 0 Å². The van der Waals surface area contributed by atoms with Crippen molar-refractivity contribution in [3.8, 4) is 0 Å². The Morgan fingerprint density at radius 2 is 1.81 bits per heavy atom. The van der Waals surface area contributed by atoms with Gasteiger partial charge in [0, 0.05) is 30.5 Å². The van der Waals surface area contributed by atoms with E-state index in [0.29, 0.717) is 22.6 Å². The van der Waals surface area contributed by atoms with E-state index in [-0.39, 0.29) is 5.91 Å². The van der Waals surface area contributed by atoms with Gasteiger partial charge in [-0.15, -0.1) is 0 Å². The number of amides is 1. The zero-order valence-corrected chi connectivity index (χ0v) is 15.5. The Bertz CT molecular complexity index is 755. The second-order valence-electron chi connectivity index (χ2n) is 5.92. The number of esters is 1. The smallest absolute Gasteiger partial charge is 0.337 e. The van der Waals surface area contributed by atoms with Crippen molar-refractivity contribution in [2.24, 2.45) is 0 Å². The molecule has 0 saturated carbocycles. The lowest BCUT2D eigenvalue weighted by molar-refractivity contribution is 0.0600. The van der Waals surface area contributed by atoms with Crippen LogP contribution < -0.4 is 5.32 Å². The van der Waals surface area contributed by atoms with Crippen LogP contribution in [0, 0.1) is 0 Å². The predicted octanol–water partition coefficient (Wildman–Crippen LogP) is 3.87. The van der Waals surface area contributed by atoms with Crippen molar-refractivity contribution in [3.63, 3.8) is 0 Å². The summed E-state index contributed by atoms with van der Waals surface area (Å²) >= 11 is 0. The van der Waals surface area contributed by atoms with Crippen LogP contribution in [0.2, 0.25) is 0 Å². The summed E-state index contributed by atoms with van der Waals surface area (Å²) in [5, 5.41) is 3.13. The lowest BCUT2D eigenvalue weighted by Gasteiger charge is -2.21. The summed E-state index contributed by atoms with van der Waals surface area (Å²) in [5.41, 5.74) is 1.74. The maximum atomic E-state index is 12.7. The molecule has 2 rings (SSSR count). The molecule has 0 bridgehead atoms. The number of carbonyl (C=O) groups is 2. The number of ether oxygens (including phenoxy) is 1. The first-order valence-corrected chi connectivity index (χ1v) is 8.79. The normalized spacial score (nSPS) is 10.3. The van der Waals surface area contributed by atoms with Crippen LogP contribution in [0.5, 0.6) is 0 Å². The van der Waals surface area contributed by atoms with Crippen LogP contribution in [-0.4, -0.2) is 42.0 Å². The number of methoxy groups -OCH3 is 1. The summed E-state index contributed by atoms with van der Waals surface area (Å²) < 4.78 is 4.73. The van der Waals surface area contributed by atoms with Crippen molar-refractivity contribution in [1.29, 1.82) is 0 Å². The molecule has 138 valence electrons. The second-order valence-corrected chi connectivity index (χ2v) is 5.92. The van der Waals surface area contributed by atoms with E-state index in [1.807, 2.05) is 11.0 Å². The van der Waals surface area contributed by atoms with Gasteiger partial charge < -0.3 is 15.0 Å². The first-order chi connectivity index (χ1) is 12.6. The third kappa shape index (κ3) is 5.05. The molecule has 0 fully saturated rings. The van der Waals surface area contributed by atoms with Crippen LogP contribution in [-0.2, 0) is 4.74 Å². The summed E-state index contributed by atoms with van der Waals surface area (Å²) in [4.78, 5) is 30.5. The van der Waals surface area contributed by atoms with E-state index in [1.165, 1.54) is 7.11 Å². The van der Waals surface area contributed by atoms with E-state index in [9.17, 15) is 9.59 Å². The Morgan fingerprint density at radius 1 is 1.08 bits per heavy atom. The summed E-state index contributed by atoms with van der Waals surface area (Å²) in [5.74, 6) is 0.147.